The molecule has 0 saturated heterocycles. The molecule has 19 heavy (non-hydrogen) atoms. The Hall–Kier alpha value is -1.22. The van der Waals surface area contributed by atoms with Crippen LogP contribution < -0.4 is 9.47 Å². The number of methoxy groups -OCH3 is 2. The van der Waals surface area contributed by atoms with Gasteiger partial charge in [-0.3, -0.25) is 0 Å². The molecule has 3 heteroatoms. The molecule has 0 amide bonds. The van der Waals surface area contributed by atoms with Crippen molar-refractivity contribution in [1.29, 1.82) is 0 Å². The third-order valence-electron chi connectivity index (χ3n) is 4.41. The van der Waals surface area contributed by atoms with Crippen LogP contribution in [0.3, 0.4) is 0 Å². The zero-order chi connectivity index (χ0) is 13.9. The summed E-state index contributed by atoms with van der Waals surface area (Å²) in [7, 11) is 3.26. The first-order valence-corrected chi connectivity index (χ1v) is 7.10. The second-order valence-electron chi connectivity index (χ2n) is 5.34. The summed E-state index contributed by atoms with van der Waals surface area (Å²) in [5, 5.41) is 11.1. The Morgan fingerprint density at radius 3 is 2.58 bits per heavy atom. The molecule has 0 heterocycles. The molecule has 1 N–H and O–H groups in total. The maximum atomic E-state index is 11.1. The van der Waals surface area contributed by atoms with Crippen LogP contribution in [-0.2, 0) is 5.60 Å². The normalized spacial score (nSPS) is 27.1. The van der Waals surface area contributed by atoms with E-state index in [0.29, 0.717) is 17.4 Å². The Labute approximate surface area is 115 Å². The monoisotopic (exact) mass is 264 g/mol. The van der Waals surface area contributed by atoms with Gasteiger partial charge >= 0.3 is 0 Å². The van der Waals surface area contributed by atoms with E-state index in [9.17, 15) is 5.11 Å². The van der Waals surface area contributed by atoms with E-state index in [4.69, 9.17) is 9.47 Å². The van der Waals surface area contributed by atoms with Crippen LogP contribution in [-0.4, -0.2) is 19.3 Å². The van der Waals surface area contributed by atoms with E-state index in [1.54, 1.807) is 14.2 Å². The van der Waals surface area contributed by atoms with Gasteiger partial charge in [0.2, 0.25) is 0 Å². The lowest BCUT2D eigenvalue weighted by Crippen LogP contribution is -2.37. The summed E-state index contributed by atoms with van der Waals surface area (Å²) in [6, 6.07) is 5.77. The summed E-state index contributed by atoms with van der Waals surface area (Å²) in [5.41, 5.74) is 0.240. The van der Waals surface area contributed by atoms with E-state index < -0.39 is 5.60 Å². The molecule has 1 aliphatic carbocycles. The Morgan fingerprint density at radius 1 is 1.21 bits per heavy atom. The van der Waals surface area contributed by atoms with Crippen LogP contribution in [0.2, 0.25) is 0 Å². The number of benzene rings is 1. The number of ether oxygens (including phenoxy) is 2. The standard InChI is InChI=1S/C16H24O3/c1-4-12-7-5-6-10-16(12,17)13-8-9-14(18-2)15(11-13)19-3/h8-9,11-12,17H,4-7,10H2,1-3H3. The van der Waals surface area contributed by atoms with Crippen molar-refractivity contribution in [3.8, 4) is 11.5 Å². The van der Waals surface area contributed by atoms with Crippen LogP contribution in [0.15, 0.2) is 18.2 Å². The van der Waals surface area contributed by atoms with Gasteiger partial charge in [-0.15, -0.1) is 0 Å². The first-order valence-electron chi connectivity index (χ1n) is 7.10. The van der Waals surface area contributed by atoms with Gasteiger partial charge in [-0.2, -0.15) is 0 Å². The average molecular weight is 264 g/mol. The van der Waals surface area contributed by atoms with Crippen LogP contribution in [0.1, 0.15) is 44.6 Å². The molecule has 1 aromatic carbocycles. The molecule has 0 radical (unpaired) electrons. The van der Waals surface area contributed by atoms with Crippen LogP contribution in [0.5, 0.6) is 11.5 Å². The SMILES string of the molecule is CCC1CCCCC1(O)c1ccc(OC)c(OC)c1. The van der Waals surface area contributed by atoms with Gasteiger partial charge < -0.3 is 14.6 Å². The topological polar surface area (TPSA) is 38.7 Å². The van der Waals surface area contributed by atoms with Crippen molar-refractivity contribution < 1.29 is 14.6 Å². The van der Waals surface area contributed by atoms with Crippen molar-refractivity contribution in [3.05, 3.63) is 23.8 Å². The number of aliphatic hydroxyl groups is 1. The number of hydrogen-bond donors (Lipinski definition) is 1. The molecule has 2 unspecified atom stereocenters. The number of rotatable bonds is 4. The van der Waals surface area contributed by atoms with Gasteiger partial charge in [0.05, 0.1) is 19.8 Å². The van der Waals surface area contributed by atoms with Crippen LogP contribution >= 0.6 is 0 Å². The van der Waals surface area contributed by atoms with E-state index in [1.165, 1.54) is 6.42 Å². The van der Waals surface area contributed by atoms with Crippen molar-refractivity contribution in [2.24, 2.45) is 5.92 Å². The van der Waals surface area contributed by atoms with E-state index in [2.05, 4.69) is 6.92 Å². The second-order valence-corrected chi connectivity index (χ2v) is 5.34. The molecule has 2 rings (SSSR count). The third-order valence-corrected chi connectivity index (χ3v) is 4.41. The minimum atomic E-state index is -0.716. The lowest BCUT2D eigenvalue weighted by molar-refractivity contribution is -0.0559. The van der Waals surface area contributed by atoms with Crippen molar-refractivity contribution in [2.75, 3.05) is 14.2 Å². The molecule has 0 spiro atoms. The lowest BCUT2D eigenvalue weighted by Gasteiger charge is -2.40. The Kier molecular flexibility index (Phi) is 4.35. The van der Waals surface area contributed by atoms with Crippen molar-refractivity contribution >= 4 is 0 Å². The highest BCUT2D eigenvalue weighted by Crippen LogP contribution is 2.45. The lowest BCUT2D eigenvalue weighted by atomic mass is 9.70. The van der Waals surface area contributed by atoms with Crippen LogP contribution in [0.25, 0.3) is 0 Å². The van der Waals surface area contributed by atoms with Gasteiger partial charge in [-0.05, 0) is 36.5 Å². The van der Waals surface area contributed by atoms with E-state index in [-0.39, 0.29) is 0 Å². The fourth-order valence-electron chi connectivity index (χ4n) is 3.26. The summed E-state index contributed by atoms with van der Waals surface area (Å²) in [6.45, 7) is 2.15. The zero-order valence-electron chi connectivity index (χ0n) is 12.1. The molecule has 1 saturated carbocycles. The minimum Gasteiger partial charge on any atom is -0.493 e. The molecule has 1 aromatic rings. The van der Waals surface area contributed by atoms with Crippen LogP contribution in [0, 0.1) is 5.92 Å². The summed E-state index contributed by atoms with van der Waals surface area (Å²) in [6.07, 6.45) is 5.24. The molecule has 3 nitrogen and oxygen atoms in total. The van der Waals surface area contributed by atoms with Crippen molar-refractivity contribution in [2.45, 2.75) is 44.6 Å². The first kappa shape index (κ1) is 14.2. The highest BCUT2D eigenvalue weighted by molar-refractivity contribution is 5.44. The molecule has 0 aromatic heterocycles. The van der Waals surface area contributed by atoms with E-state index in [1.807, 2.05) is 18.2 Å². The largest absolute Gasteiger partial charge is 0.493 e. The third kappa shape index (κ3) is 2.57. The zero-order valence-corrected chi connectivity index (χ0v) is 12.1. The highest BCUT2D eigenvalue weighted by Gasteiger charge is 2.39. The fraction of sp³-hybridized carbons (Fsp3) is 0.625. The van der Waals surface area contributed by atoms with E-state index in [0.717, 1.165) is 31.2 Å². The minimum absolute atomic E-state index is 0.333. The smallest absolute Gasteiger partial charge is 0.161 e. The fourth-order valence-corrected chi connectivity index (χ4v) is 3.26. The quantitative estimate of drug-likeness (QED) is 0.904. The van der Waals surface area contributed by atoms with Gasteiger partial charge in [0.15, 0.2) is 11.5 Å². The summed E-state index contributed by atoms with van der Waals surface area (Å²) < 4.78 is 10.6. The van der Waals surface area contributed by atoms with Gasteiger partial charge in [0, 0.05) is 0 Å². The van der Waals surface area contributed by atoms with Crippen molar-refractivity contribution in [3.63, 3.8) is 0 Å². The predicted octanol–water partition coefficient (Wildman–Crippen LogP) is 3.49. The van der Waals surface area contributed by atoms with Gasteiger partial charge in [0.1, 0.15) is 0 Å². The summed E-state index contributed by atoms with van der Waals surface area (Å²) in [5.74, 6) is 1.73. The highest BCUT2D eigenvalue weighted by atomic mass is 16.5. The maximum Gasteiger partial charge on any atom is 0.161 e. The molecule has 2 atom stereocenters. The number of hydrogen-bond acceptors (Lipinski definition) is 3. The molecule has 1 aliphatic rings. The summed E-state index contributed by atoms with van der Waals surface area (Å²) >= 11 is 0. The van der Waals surface area contributed by atoms with Gasteiger partial charge in [0.25, 0.3) is 0 Å². The van der Waals surface area contributed by atoms with Crippen LogP contribution in [0.4, 0.5) is 0 Å². The predicted molar refractivity (Wildman–Crippen MR) is 75.7 cm³/mol. The summed E-state index contributed by atoms with van der Waals surface area (Å²) in [4.78, 5) is 0. The van der Waals surface area contributed by atoms with Crippen molar-refractivity contribution in [1.82, 2.24) is 0 Å². The molecule has 0 aliphatic heterocycles. The first-order chi connectivity index (χ1) is 9.15. The van der Waals surface area contributed by atoms with Gasteiger partial charge in [-0.25, -0.2) is 0 Å². The van der Waals surface area contributed by atoms with Gasteiger partial charge in [-0.1, -0.05) is 32.3 Å². The van der Waals surface area contributed by atoms with E-state index >= 15 is 0 Å². The molecule has 1 fully saturated rings. The second kappa shape index (κ2) is 5.83. The Balaban J connectivity index is 2.38. The Bertz CT molecular complexity index is 430. The Morgan fingerprint density at radius 2 is 1.95 bits per heavy atom. The molecular formula is C16H24O3. The molecular weight excluding hydrogens is 240 g/mol. The molecule has 0 bridgehead atoms. The molecule has 106 valence electrons. The average Bonchev–Trinajstić information content (AvgIpc) is 2.46. The maximum absolute atomic E-state index is 11.1.